The lowest BCUT2D eigenvalue weighted by Gasteiger charge is -2.16. The van der Waals surface area contributed by atoms with E-state index in [1.807, 2.05) is 13.0 Å². The lowest BCUT2D eigenvalue weighted by Crippen LogP contribution is -2.11. The molecule has 0 aliphatic carbocycles. The largest absolute Gasteiger partial charge is 0.508 e. The Hall–Kier alpha value is -1.51. The predicted molar refractivity (Wildman–Crippen MR) is 97.9 cm³/mol. The summed E-state index contributed by atoms with van der Waals surface area (Å²) < 4.78 is 5.81. The Labute approximate surface area is 144 Å². The molecule has 2 nitrogen and oxygen atoms in total. The van der Waals surface area contributed by atoms with E-state index in [4.69, 9.17) is 16.3 Å². The summed E-state index contributed by atoms with van der Waals surface area (Å²) in [5.41, 5.74) is 4.64. The molecule has 1 aromatic rings. The van der Waals surface area contributed by atoms with E-state index in [2.05, 4.69) is 25.7 Å². The van der Waals surface area contributed by atoms with Gasteiger partial charge in [0.05, 0.1) is 17.7 Å². The van der Waals surface area contributed by atoms with Gasteiger partial charge in [0.2, 0.25) is 0 Å². The van der Waals surface area contributed by atoms with E-state index in [0.29, 0.717) is 11.6 Å². The van der Waals surface area contributed by atoms with Crippen LogP contribution >= 0.6 is 11.6 Å². The van der Waals surface area contributed by atoms with Crippen LogP contribution in [-0.2, 0) is 4.74 Å². The number of phenolic OH excluding ortho intramolecular Hbond substituents is 1. The van der Waals surface area contributed by atoms with Gasteiger partial charge in [-0.15, -0.1) is 0 Å². The molecule has 1 aliphatic heterocycles. The normalized spacial score (nSPS) is 18.1. The third-order valence-corrected chi connectivity index (χ3v) is 4.41. The maximum absolute atomic E-state index is 9.47. The summed E-state index contributed by atoms with van der Waals surface area (Å²) >= 11 is 6.22. The summed E-state index contributed by atoms with van der Waals surface area (Å²) in [7, 11) is 0. The molecule has 23 heavy (non-hydrogen) atoms. The van der Waals surface area contributed by atoms with Gasteiger partial charge < -0.3 is 9.84 Å². The Morgan fingerprint density at radius 2 is 2.22 bits per heavy atom. The Balaban J connectivity index is 2.08. The summed E-state index contributed by atoms with van der Waals surface area (Å²) in [5, 5.41) is 10.0. The van der Waals surface area contributed by atoms with E-state index in [-0.39, 0.29) is 11.9 Å². The van der Waals surface area contributed by atoms with Gasteiger partial charge in [0.15, 0.2) is 0 Å². The lowest BCUT2D eigenvalue weighted by molar-refractivity contribution is 0.116. The highest BCUT2D eigenvalue weighted by molar-refractivity contribution is 6.32. The average Bonchev–Trinajstić information content (AvgIpc) is 2.96. The zero-order valence-electron chi connectivity index (χ0n) is 13.9. The van der Waals surface area contributed by atoms with Crippen LogP contribution in [0.2, 0.25) is 5.02 Å². The first-order valence-corrected chi connectivity index (χ1v) is 8.54. The van der Waals surface area contributed by atoms with Crippen LogP contribution in [0.3, 0.4) is 0 Å². The smallest absolute Gasteiger partial charge is 0.117 e. The fourth-order valence-corrected chi connectivity index (χ4v) is 3.15. The molecule has 1 unspecified atom stereocenters. The summed E-state index contributed by atoms with van der Waals surface area (Å²) in [4.78, 5) is 0. The molecule has 1 heterocycles. The fraction of sp³-hybridized carbons (Fsp3) is 0.400. The quantitative estimate of drug-likeness (QED) is 0.672. The van der Waals surface area contributed by atoms with Gasteiger partial charge in [-0.25, -0.2) is 0 Å². The number of allylic oxidation sites excluding steroid dienone is 1. The second kappa shape index (κ2) is 8.37. The van der Waals surface area contributed by atoms with Crippen LogP contribution < -0.4 is 0 Å². The topological polar surface area (TPSA) is 29.5 Å². The summed E-state index contributed by atoms with van der Waals surface area (Å²) in [5.74, 6) is 0.194. The minimum atomic E-state index is 0.156. The van der Waals surface area contributed by atoms with Crippen molar-refractivity contribution in [1.29, 1.82) is 0 Å². The van der Waals surface area contributed by atoms with Crippen LogP contribution in [0, 0.1) is 0 Å². The van der Waals surface area contributed by atoms with Gasteiger partial charge in [-0.3, -0.25) is 0 Å². The molecule has 124 valence electrons. The van der Waals surface area contributed by atoms with Gasteiger partial charge in [0.1, 0.15) is 5.75 Å². The molecule has 1 N–H and O–H groups in total. The molecule has 0 aromatic heterocycles. The van der Waals surface area contributed by atoms with Gasteiger partial charge in [-0.05, 0) is 55.5 Å². The zero-order chi connectivity index (χ0) is 16.8. The van der Waals surface area contributed by atoms with Gasteiger partial charge >= 0.3 is 0 Å². The van der Waals surface area contributed by atoms with Crippen molar-refractivity contribution in [3.8, 4) is 5.75 Å². The molecule has 1 atom stereocenters. The second-order valence-corrected chi connectivity index (χ2v) is 6.47. The summed E-state index contributed by atoms with van der Waals surface area (Å²) in [6.45, 7) is 8.93. The van der Waals surface area contributed by atoms with E-state index in [0.717, 1.165) is 36.8 Å². The van der Waals surface area contributed by atoms with Gasteiger partial charge in [0.25, 0.3) is 0 Å². The van der Waals surface area contributed by atoms with Crippen molar-refractivity contribution in [3.63, 3.8) is 0 Å². The maximum Gasteiger partial charge on any atom is 0.117 e. The van der Waals surface area contributed by atoms with Gasteiger partial charge in [0, 0.05) is 0 Å². The van der Waals surface area contributed by atoms with Crippen molar-refractivity contribution in [1.82, 2.24) is 0 Å². The Bertz CT molecular complexity index is 629. The molecule has 1 aromatic carbocycles. The third-order valence-electron chi connectivity index (χ3n) is 4.08. The number of phenols is 1. The van der Waals surface area contributed by atoms with Crippen molar-refractivity contribution in [2.45, 2.75) is 45.6 Å². The average molecular weight is 333 g/mol. The maximum atomic E-state index is 9.47. The molecule has 0 spiro atoms. The number of benzene rings is 1. The van der Waals surface area contributed by atoms with E-state index in [1.54, 1.807) is 12.1 Å². The predicted octanol–water partition coefficient (Wildman–Crippen LogP) is 5.91. The molecule has 2 rings (SSSR count). The zero-order valence-corrected chi connectivity index (χ0v) is 14.7. The monoisotopic (exact) mass is 332 g/mol. The van der Waals surface area contributed by atoms with Crippen LogP contribution in [0.5, 0.6) is 5.75 Å². The van der Waals surface area contributed by atoms with E-state index in [1.165, 1.54) is 11.1 Å². The summed E-state index contributed by atoms with van der Waals surface area (Å²) in [6.07, 6.45) is 8.49. The molecule has 0 saturated heterocycles. The lowest BCUT2D eigenvalue weighted by atomic mass is 9.95. The molecule has 0 saturated carbocycles. The molecule has 3 heteroatoms. The van der Waals surface area contributed by atoms with Crippen LogP contribution in [0.1, 0.15) is 45.1 Å². The third kappa shape index (κ3) is 4.98. The molecule has 0 amide bonds. The molecule has 0 bridgehead atoms. The Morgan fingerprint density at radius 1 is 1.43 bits per heavy atom. The van der Waals surface area contributed by atoms with Crippen LogP contribution in [-0.4, -0.2) is 17.8 Å². The van der Waals surface area contributed by atoms with Crippen LogP contribution in [0.4, 0.5) is 0 Å². The summed E-state index contributed by atoms with van der Waals surface area (Å²) in [6, 6.07) is 5.11. The number of hydrogen-bond donors (Lipinski definition) is 1. The Kier molecular flexibility index (Phi) is 6.49. The van der Waals surface area contributed by atoms with Crippen molar-refractivity contribution < 1.29 is 9.84 Å². The molecule has 0 radical (unpaired) electrons. The minimum absolute atomic E-state index is 0.156. The van der Waals surface area contributed by atoms with Crippen molar-refractivity contribution in [2.75, 3.05) is 6.61 Å². The number of rotatable bonds is 7. The highest BCUT2D eigenvalue weighted by atomic mass is 35.5. The SMILES string of the molecule is C=C(C)C1=CCOC1CC/C(=C/c1ccc(O)cc1Cl)CCC. The van der Waals surface area contributed by atoms with E-state index >= 15 is 0 Å². The van der Waals surface area contributed by atoms with Crippen molar-refractivity contribution in [3.05, 3.63) is 58.2 Å². The standard InChI is InChI=1S/C20H25ClO2/c1-4-5-15(12-16-7-8-17(22)13-19(16)21)6-9-20-18(14(2)3)10-11-23-20/h7-8,10,12-13,20,22H,2,4-6,9,11H2,1,3H3/b15-12+. The molecular weight excluding hydrogens is 308 g/mol. The molecular formula is C20H25ClO2. The number of halogens is 1. The highest BCUT2D eigenvalue weighted by Crippen LogP contribution is 2.29. The number of ether oxygens (including phenoxy) is 1. The molecule has 0 fully saturated rings. The van der Waals surface area contributed by atoms with Crippen LogP contribution in [0.25, 0.3) is 6.08 Å². The first-order chi connectivity index (χ1) is 11.0. The number of hydrogen-bond acceptors (Lipinski definition) is 2. The van der Waals surface area contributed by atoms with Crippen LogP contribution in [0.15, 0.2) is 47.6 Å². The van der Waals surface area contributed by atoms with Gasteiger partial charge in [-0.2, -0.15) is 0 Å². The van der Waals surface area contributed by atoms with Gasteiger partial charge in [-0.1, -0.05) is 54.8 Å². The molecule has 1 aliphatic rings. The minimum Gasteiger partial charge on any atom is -0.508 e. The first kappa shape index (κ1) is 17.8. The van der Waals surface area contributed by atoms with Crippen molar-refractivity contribution >= 4 is 17.7 Å². The highest BCUT2D eigenvalue weighted by Gasteiger charge is 2.20. The second-order valence-electron chi connectivity index (χ2n) is 6.06. The fourth-order valence-electron chi connectivity index (χ4n) is 2.92. The van der Waals surface area contributed by atoms with E-state index in [9.17, 15) is 5.11 Å². The van der Waals surface area contributed by atoms with E-state index < -0.39 is 0 Å². The Morgan fingerprint density at radius 3 is 2.87 bits per heavy atom. The first-order valence-electron chi connectivity index (χ1n) is 8.16. The van der Waals surface area contributed by atoms with Crippen molar-refractivity contribution in [2.24, 2.45) is 0 Å². The number of aromatic hydroxyl groups is 1.